The molecule has 0 atom stereocenters. The number of morpholine rings is 4. The van der Waals surface area contributed by atoms with Gasteiger partial charge < -0.3 is 18.9 Å². The lowest BCUT2D eigenvalue weighted by Crippen LogP contribution is -2.38. The lowest BCUT2D eigenvalue weighted by molar-refractivity contribution is -0.120. The van der Waals surface area contributed by atoms with Crippen LogP contribution in [0.5, 0.6) is 0 Å². The maximum Gasteiger partial charge on any atom is 0.143 e. The summed E-state index contributed by atoms with van der Waals surface area (Å²) in [6.07, 6.45) is 0. The summed E-state index contributed by atoms with van der Waals surface area (Å²) in [7, 11) is 0. The zero-order valence-corrected chi connectivity index (χ0v) is 25.2. The maximum absolute atomic E-state index is 10.6. The molecule has 0 aromatic rings. The van der Waals surface area contributed by atoms with Gasteiger partial charge in [-0.2, -0.15) is 0 Å². The number of Topliss-reactive ketones (excluding diaryl/α,β-unsaturated/α-hetero) is 4. The van der Waals surface area contributed by atoms with Crippen molar-refractivity contribution in [3.63, 3.8) is 0 Å². The quantitative estimate of drug-likeness (QED) is 0.210. The molecule has 0 unspecified atom stereocenters. The van der Waals surface area contributed by atoms with Crippen molar-refractivity contribution in [3.05, 3.63) is 0 Å². The third-order valence-corrected chi connectivity index (χ3v) is 6.20. The van der Waals surface area contributed by atoms with Crippen LogP contribution in [0.15, 0.2) is 0 Å². The van der Waals surface area contributed by atoms with Crippen molar-refractivity contribution in [1.82, 2.24) is 19.6 Å². The molecule has 0 spiro atoms. The monoisotopic (exact) mass is 585 g/mol. The Bertz CT molecular complexity index is 595. The van der Waals surface area contributed by atoms with E-state index in [1.165, 1.54) is 0 Å². The minimum Gasteiger partial charge on any atom is -0.379 e. The summed E-state index contributed by atoms with van der Waals surface area (Å²) >= 11 is 0. The SMILES string of the molecule is CC(=O)[13CH2]N1CC[18O]CC1.CC(=[18O])[13CH2]N1CCOCC1.C[13C](=O)C[15N]1CC[18O]CC1.C[13C](=[18O])CN1CCOCC1. The molecular formula is C28H52N4O8. The summed E-state index contributed by atoms with van der Waals surface area (Å²) in [5.41, 5.74) is 0. The molecule has 0 bridgehead atoms. The Balaban J connectivity index is 0.000000267. The molecule has 4 rings (SSSR count). The van der Waals surface area contributed by atoms with Gasteiger partial charge in [0.25, 0.3) is 0 Å². The molecule has 0 radical (unpaired) electrons. The zero-order chi connectivity index (χ0) is 29.6. The molecule has 4 heterocycles. The van der Waals surface area contributed by atoms with Crippen molar-refractivity contribution >= 4 is 23.1 Å². The van der Waals surface area contributed by atoms with Gasteiger partial charge in [-0.15, -0.1) is 0 Å². The van der Waals surface area contributed by atoms with Crippen LogP contribution >= 0.6 is 0 Å². The first kappa shape index (κ1) is 36.4. The third-order valence-electron chi connectivity index (χ3n) is 6.20. The van der Waals surface area contributed by atoms with Crippen molar-refractivity contribution in [2.45, 2.75) is 27.7 Å². The lowest BCUT2D eigenvalue weighted by Gasteiger charge is -2.25. The molecule has 4 fully saturated rings. The highest BCUT2D eigenvalue weighted by Crippen LogP contribution is 1.97. The minimum absolute atomic E-state index is 0.238. The normalized spacial score (nSPS) is 20.9. The average Bonchev–Trinajstić information content (AvgIpc) is 2.91. The van der Waals surface area contributed by atoms with Gasteiger partial charge in [0.2, 0.25) is 0 Å². The van der Waals surface area contributed by atoms with Crippen LogP contribution in [0, 0.1) is 0 Å². The number of ether oxygens (including phenoxy) is 4. The molecule has 12 nitrogen and oxygen atoms in total. The Labute approximate surface area is 240 Å². The Hall–Kier alpha value is -1.64. The average molecular weight is 586 g/mol. The first-order chi connectivity index (χ1) is 19.2. The van der Waals surface area contributed by atoms with Crippen molar-refractivity contribution in [1.29, 1.82) is 0 Å². The Kier molecular flexibility index (Phi) is 20.9. The fourth-order valence-corrected chi connectivity index (χ4v) is 4.30. The predicted molar refractivity (Wildman–Crippen MR) is 152 cm³/mol. The summed E-state index contributed by atoms with van der Waals surface area (Å²) in [4.78, 5) is 51.0. The van der Waals surface area contributed by atoms with Crippen LogP contribution in [0.3, 0.4) is 0 Å². The third kappa shape index (κ3) is 21.2. The fraction of sp³-hybridized carbons (Fsp3) is 0.857. The van der Waals surface area contributed by atoms with E-state index in [0.29, 0.717) is 26.2 Å². The first-order valence-electron chi connectivity index (χ1n) is 14.3. The van der Waals surface area contributed by atoms with Crippen LogP contribution in [0.1, 0.15) is 27.7 Å². The summed E-state index contributed by atoms with van der Waals surface area (Å²) < 4.78 is 20.5. The molecular weight excluding hydrogens is 533 g/mol. The zero-order valence-electron chi connectivity index (χ0n) is 25.2. The van der Waals surface area contributed by atoms with Crippen LogP contribution in [0.2, 0.25) is 0 Å². The van der Waals surface area contributed by atoms with E-state index >= 15 is 0 Å². The first-order valence-corrected chi connectivity index (χ1v) is 14.3. The molecule has 0 aromatic heterocycles. The molecule has 0 saturated carbocycles. The van der Waals surface area contributed by atoms with Gasteiger partial charge in [-0.3, -0.25) is 38.8 Å². The van der Waals surface area contributed by atoms with Gasteiger partial charge in [-0.25, -0.2) is 0 Å². The van der Waals surface area contributed by atoms with Gasteiger partial charge in [0.15, 0.2) is 0 Å². The van der Waals surface area contributed by atoms with E-state index in [4.69, 9.17) is 18.9 Å². The molecule has 12 heteroatoms. The number of hydrogen-bond donors (Lipinski definition) is 0. The van der Waals surface area contributed by atoms with E-state index in [9.17, 15) is 19.2 Å². The Morgan fingerprint density at radius 3 is 1.05 bits per heavy atom. The van der Waals surface area contributed by atoms with E-state index in [0.717, 1.165) is 105 Å². The number of ketones is 4. The largest absolute Gasteiger partial charge is 0.379 e. The molecule has 232 valence electrons. The maximum atomic E-state index is 10.6. The topological polar surface area (TPSA) is 118 Å². The van der Waals surface area contributed by atoms with Gasteiger partial charge in [0, 0.05) is 52.4 Å². The van der Waals surface area contributed by atoms with Gasteiger partial charge in [0.05, 0.1) is 79.0 Å². The minimum atomic E-state index is 0.238. The van der Waals surface area contributed by atoms with Crippen LogP contribution in [-0.4, -0.2) is 174 Å². The molecule has 0 aliphatic carbocycles. The van der Waals surface area contributed by atoms with E-state index in [-0.39, 0.29) is 23.1 Å². The predicted octanol–water partition coefficient (Wildman–Crippen LogP) is -0.370. The van der Waals surface area contributed by atoms with Crippen molar-refractivity contribution < 1.29 is 38.1 Å². The van der Waals surface area contributed by atoms with Gasteiger partial charge >= 0.3 is 0 Å². The van der Waals surface area contributed by atoms with Crippen molar-refractivity contribution in [2.24, 2.45) is 0 Å². The Morgan fingerprint density at radius 1 is 0.525 bits per heavy atom. The second-order valence-electron chi connectivity index (χ2n) is 10.4. The fourth-order valence-electron chi connectivity index (χ4n) is 4.30. The van der Waals surface area contributed by atoms with Gasteiger partial charge in [0.1, 0.15) is 23.1 Å². The molecule has 0 N–H and O–H groups in total. The highest BCUT2D eigenvalue weighted by molar-refractivity contribution is 5.78. The molecule has 40 heavy (non-hydrogen) atoms. The second kappa shape index (κ2) is 23.0. The van der Waals surface area contributed by atoms with Crippen molar-refractivity contribution in [2.75, 3.05) is 131 Å². The van der Waals surface area contributed by atoms with Gasteiger partial charge in [-0.1, -0.05) is 0 Å². The smallest absolute Gasteiger partial charge is 0.143 e. The highest BCUT2D eigenvalue weighted by Gasteiger charge is 2.13. The number of rotatable bonds is 8. The molecule has 4 saturated heterocycles. The highest BCUT2D eigenvalue weighted by atomic mass is 18.3. The van der Waals surface area contributed by atoms with E-state index in [1.54, 1.807) is 27.7 Å². The van der Waals surface area contributed by atoms with Crippen LogP contribution in [-0.2, 0) is 38.1 Å². The van der Waals surface area contributed by atoms with E-state index in [2.05, 4.69) is 19.6 Å². The van der Waals surface area contributed by atoms with Crippen LogP contribution in [0.4, 0.5) is 0 Å². The molecule has 4 aliphatic heterocycles. The lowest BCUT2D eigenvalue weighted by atomic mass is 10.4. The van der Waals surface area contributed by atoms with Crippen LogP contribution < -0.4 is 0 Å². The Morgan fingerprint density at radius 2 is 0.800 bits per heavy atom. The summed E-state index contributed by atoms with van der Waals surface area (Å²) in [5, 5.41) is 0. The second-order valence-corrected chi connectivity index (χ2v) is 10.4. The standard InChI is InChI=1S/4C7H13NO2/c4*1-7(9)6-8-2-4-10-5-3-8/h4*2-6H2,1H3/i7+1,8+1,10+2;7+1,9+2;6+1,10+2;6+1,9+2. The summed E-state index contributed by atoms with van der Waals surface area (Å²) in [6, 6.07) is 0. The van der Waals surface area contributed by atoms with Crippen LogP contribution in [0.25, 0.3) is 0 Å². The number of nitrogens with zero attached hydrogens (tertiary/aromatic N) is 4. The van der Waals surface area contributed by atoms with E-state index in [1.807, 2.05) is 0 Å². The number of carbonyl (C=O) groups is 4. The van der Waals surface area contributed by atoms with Gasteiger partial charge in [-0.05, 0) is 27.7 Å². The van der Waals surface area contributed by atoms with Crippen molar-refractivity contribution in [3.8, 4) is 0 Å². The molecule has 0 amide bonds. The molecule has 4 aliphatic rings. The molecule has 0 aromatic carbocycles. The summed E-state index contributed by atoms with van der Waals surface area (Å²) in [5.74, 6) is 0.951. The number of hydrogen-bond acceptors (Lipinski definition) is 12. The van der Waals surface area contributed by atoms with E-state index < -0.39 is 0 Å². The summed E-state index contributed by atoms with van der Waals surface area (Å²) in [6.45, 7) is 22.2. The number of carbonyl (C=O) groups excluding carboxylic acids is 4.